The number of aryl methyl sites for hydroxylation is 1. The van der Waals surface area contributed by atoms with Gasteiger partial charge in [0.1, 0.15) is 0 Å². The van der Waals surface area contributed by atoms with Crippen LogP contribution in [0.1, 0.15) is 43.7 Å². The lowest BCUT2D eigenvalue weighted by atomic mass is 9.86. The molecule has 2 rings (SSSR count). The summed E-state index contributed by atoms with van der Waals surface area (Å²) in [5.74, 6) is 0.684. The Morgan fingerprint density at radius 2 is 2.15 bits per heavy atom. The van der Waals surface area contributed by atoms with E-state index < -0.39 is 0 Å². The number of hydrogen-bond donors (Lipinski definition) is 2. The fourth-order valence-corrected chi connectivity index (χ4v) is 2.85. The van der Waals surface area contributed by atoms with Crippen LogP contribution in [0.2, 0.25) is 0 Å². The van der Waals surface area contributed by atoms with Gasteiger partial charge in [0.25, 0.3) is 0 Å². The summed E-state index contributed by atoms with van der Waals surface area (Å²) in [6.07, 6.45) is 6.91. The Morgan fingerprint density at radius 3 is 2.90 bits per heavy atom. The lowest BCUT2D eigenvalue weighted by molar-refractivity contribution is 0.308. The highest BCUT2D eigenvalue weighted by Gasteiger charge is 2.21. The molecule has 1 saturated carbocycles. The molecule has 4 heteroatoms. The molecular formula is C16H23N3S. The summed E-state index contributed by atoms with van der Waals surface area (Å²) in [5.41, 5.74) is 5.21. The van der Waals surface area contributed by atoms with Crippen molar-refractivity contribution in [1.82, 2.24) is 10.7 Å². The molecule has 0 aromatic heterocycles. The maximum atomic E-state index is 5.29. The fraction of sp³-hybridized carbons (Fsp3) is 0.500. The highest BCUT2D eigenvalue weighted by molar-refractivity contribution is 7.80. The Balaban J connectivity index is 1.80. The second-order valence-corrected chi connectivity index (χ2v) is 6.03. The van der Waals surface area contributed by atoms with Gasteiger partial charge in [-0.15, -0.1) is 0 Å². The molecule has 0 radical (unpaired) electrons. The minimum Gasteiger partial charge on any atom is -0.358 e. The number of hydrogen-bond acceptors (Lipinski definition) is 2. The summed E-state index contributed by atoms with van der Waals surface area (Å²) in [7, 11) is 0. The van der Waals surface area contributed by atoms with E-state index in [0.29, 0.717) is 17.1 Å². The lowest BCUT2D eigenvalue weighted by Gasteiger charge is -2.30. The van der Waals surface area contributed by atoms with Crippen molar-refractivity contribution in [3.8, 4) is 0 Å². The van der Waals surface area contributed by atoms with Crippen LogP contribution in [-0.2, 0) is 0 Å². The van der Waals surface area contributed by atoms with E-state index in [9.17, 15) is 0 Å². The van der Waals surface area contributed by atoms with Crippen molar-refractivity contribution in [2.24, 2.45) is 11.0 Å². The molecule has 1 aliphatic rings. The minimum atomic E-state index is 0.484. The van der Waals surface area contributed by atoms with E-state index in [1.807, 2.05) is 12.1 Å². The van der Waals surface area contributed by atoms with Crippen LogP contribution in [0.5, 0.6) is 0 Å². The van der Waals surface area contributed by atoms with Crippen LogP contribution in [0.3, 0.4) is 0 Å². The number of nitrogens with zero attached hydrogens (tertiary/aromatic N) is 1. The summed E-state index contributed by atoms with van der Waals surface area (Å²) in [5, 5.41) is 8.19. The Kier molecular flexibility index (Phi) is 5.53. The van der Waals surface area contributed by atoms with E-state index >= 15 is 0 Å². The fourth-order valence-electron chi connectivity index (χ4n) is 2.65. The molecule has 108 valence electrons. The third-order valence-electron chi connectivity index (χ3n) is 3.85. The Hall–Kier alpha value is -1.42. The van der Waals surface area contributed by atoms with Crippen molar-refractivity contribution in [2.45, 2.75) is 45.6 Å². The number of benzene rings is 1. The molecule has 20 heavy (non-hydrogen) atoms. The van der Waals surface area contributed by atoms with Gasteiger partial charge in [-0.1, -0.05) is 49.6 Å². The zero-order chi connectivity index (χ0) is 14.4. The molecule has 0 bridgehead atoms. The Bertz CT molecular complexity index is 484. The number of hydrazone groups is 1. The minimum absolute atomic E-state index is 0.484. The van der Waals surface area contributed by atoms with Gasteiger partial charge < -0.3 is 5.32 Å². The quantitative estimate of drug-likeness (QED) is 0.509. The molecule has 2 atom stereocenters. The van der Waals surface area contributed by atoms with E-state index in [1.165, 1.54) is 31.2 Å². The zero-order valence-electron chi connectivity index (χ0n) is 12.2. The first-order valence-corrected chi connectivity index (χ1v) is 7.72. The van der Waals surface area contributed by atoms with E-state index in [1.54, 1.807) is 6.21 Å². The van der Waals surface area contributed by atoms with Crippen molar-refractivity contribution in [3.63, 3.8) is 0 Å². The molecule has 1 fully saturated rings. The summed E-state index contributed by atoms with van der Waals surface area (Å²) >= 11 is 5.29. The zero-order valence-corrected chi connectivity index (χ0v) is 13.0. The normalized spacial score (nSPS) is 22.7. The van der Waals surface area contributed by atoms with Crippen LogP contribution in [0.25, 0.3) is 0 Å². The number of rotatable bonds is 3. The van der Waals surface area contributed by atoms with Gasteiger partial charge in [-0.2, -0.15) is 5.10 Å². The molecule has 3 nitrogen and oxygen atoms in total. The predicted molar refractivity (Wildman–Crippen MR) is 89.1 cm³/mol. The SMILES string of the molecule is Cc1cccc(/C=N\NC(=S)N[C@@H]2CCCC[C@H]2C)c1. The summed E-state index contributed by atoms with van der Waals surface area (Å²) < 4.78 is 0. The topological polar surface area (TPSA) is 36.4 Å². The highest BCUT2D eigenvalue weighted by atomic mass is 32.1. The monoisotopic (exact) mass is 289 g/mol. The van der Waals surface area contributed by atoms with Crippen LogP contribution >= 0.6 is 12.2 Å². The average molecular weight is 289 g/mol. The van der Waals surface area contributed by atoms with Gasteiger partial charge in [-0.25, -0.2) is 0 Å². The van der Waals surface area contributed by atoms with Gasteiger partial charge in [0.05, 0.1) is 6.21 Å². The maximum Gasteiger partial charge on any atom is 0.187 e. The second-order valence-electron chi connectivity index (χ2n) is 5.63. The molecular weight excluding hydrogens is 266 g/mol. The molecule has 0 heterocycles. The van der Waals surface area contributed by atoms with Gasteiger partial charge >= 0.3 is 0 Å². The van der Waals surface area contributed by atoms with Crippen LogP contribution < -0.4 is 10.7 Å². The smallest absolute Gasteiger partial charge is 0.187 e. The maximum absolute atomic E-state index is 5.29. The third-order valence-corrected chi connectivity index (χ3v) is 4.06. The molecule has 0 aliphatic heterocycles. The molecule has 0 unspecified atom stereocenters. The standard InChI is InChI=1S/C16H23N3S/c1-12-6-5-8-14(10-12)11-17-19-16(20)18-15-9-4-3-7-13(15)2/h5-6,8,10-11,13,15H,3-4,7,9H2,1-2H3,(H2,18,19,20)/b17-11-/t13-,15-/m1/s1. The first-order valence-electron chi connectivity index (χ1n) is 7.31. The van der Waals surface area contributed by atoms with Crippen molar-refractivity contribution < 1.29 is 0 Å². The van der Waals surface area contributed by atoms with Crippen molar-refractivity contribution in [1.29, 1.82) is 0 Å². The molecule has 2 N–H and O–H groups in total. The average Bonchev–Trinajstić information content (AvgIpc) is 2.41. The van der Waals surface area contributed by atoms with Gasteiger partial charge in [-0.3, -0.25) is 5.43 Å². The van der Waals surface area contributed by atoms with Gasteiger partial charge in [0.2, 0.25) is 0 Å². The van der Waals surface area contributed by atoms with E-state index in [-0.39, 0.29) is 0 Å². The molecule has 1 aromatic carbocycles. The van der Waals surface area contributed by atoms with Crippen LogP contribution in [-0.4, -0.2) is 17.4 Å². The highest BCUT2D eigenvalue weighted by Crippen LogP contribution is 2.23. The third kappa shape index (κ3) is 4.60. The molecule has 1 aliphatic carbocycles. The Labute approximate surface area is 126 Å². The van der Waals surface area contributed by atoms with E-state index in [0.717, 1.165) is 5.56 Å². The molecule has 0 saturated heterocycles. The van der Waals surface area contributed by atoms with Crippen LogP contribution in [0.15, 0.2) is 29.4 Å². The molecule has 1 aromatic rings. The van der Waals surface area contributed by atoms with Crippen LogP contribution in [0.4, 0.5) is 0 Å². The lowest BCUT2D eigenvalue weighted by Crippen LogP contribution is -2.44. The molecule has 0 amide bonds. The summed E-state index contributed by atoms with van der Waals surface area (Å²) in [4.78, 5) is 0. The van der Waals surface area contributed by atoms with Gasteiger partial charge in [-0.05, 0) is 43.5 Å². The first-order chi connectivity index (χ1) is 9.65. The predicted octanol–water partition coefficient (Wildman–Crippen LogP) is 3.37. The first kappa shape index (κ1) is 15.0. The van der Waals surface area contributed by atoms with Crippen molar-refractivity contribution in [3.05, 3.63) is 35.4 Å². The second kappa shape index (κ2) is 7.39. The largest absolute Gasteiger partial charge is 0.358 e. The number of thiocarbonyl (C=S) groups is 1. The van der Waals surface area contributed by atoms with Gasteiger partial charge in [0, 0.05) is 6.04 Å². The van der Waals surface area contributed by atoms with Crippen LogP contribution in [0, 0.1) is 12.8 Å². The number of nitrogens with one attached hydrogen (secondary N) is 2. The van der Waals surface area contributed by atoms with Crippen molar-refractivity contribution >= 4 is 23.5 Å². The summed E-state index contributed by atoms with van der Waals surface area (Å²) in [6, 6.07) is 8.69. The van der Waals surface area contributed by atoms with Gasteiger partial charge in [0.15, 0.2) is 5.11 Å². The van der Waals surface area contributed by atoms with Crippen molar-refractivity contribution in [2.75, 3.05) is 0 Å². The summed E-state index contributed by atoms with van der Waals surface area (Å²) in [6.45, 7) is 4.36. The Morgan fingerprint density at radius 1 is 1.35 bits per heavy atom. The van der Waals surface area contributed by atoms with E-state index in [2.05, 4.69) is 41.8 Å². The van der Waals surface area contributed by atoms with E-state index in [4.69, 9.17) is 12.2 Å². The molecule has 0 spiro atoms.